The summed E-state index contributed by atoms with van der Waals surface area (Å²) in [4.78, 5) is 17.0. The molecule has 21 heavy (non-hydrogen) atoms. The summed E-state index contributed by atoms with van der Waals surface area (Å²) >= 11 is 7.33. The summed E-state index contributed by atoms with van der Waals surface area (Å²) in [5.41, 5.74) is 0.821. The van der Waals surface area contributed by atoms with Crippen molar-refractivity contribution in [1.29, 1.82) is 0 Å². The topological polar surface area (TPSA) is 55.6 Å². The number of aromatic nitrogens is 2. The molecule has 0 unspecified atom stereocenters. The Morgan fingerprint density at radius 2 is 2.19 bits per heavy atom. The molecule has 5 nitrogen and oxygen atoms in total. The minimum absolute atomic E-state index is 0.0378. The van der Waals surface area contributed by atoms with Gasteiger partial charge in [-0.3, -0.25) is 9.20 Å². The lowest BCUT2D eigenvalue weighted by molar-refractivity contribution is -0.123. The van der Waals surface area contributed by atoms with E-state index < -0.39 is 0 Å². The van der Waals surface area contributed by atoms with Crippen LogP contribution in [-0.2, 0) is 11.3 Å². The molecule has 0 atom stereocenters. The zero-order valence-corrected chi connectivity index (χ0v) is 12.5. The van der Waals surface area contributed by atoms with Gasteiger partial charge in [0.25, 0.3) is 5.91 Å². The van der Waals surface area contributed by atoms with Gasteiger partial charge < -0.3 is 10.1 Å². The highest BCUT2D eigenvalue weighted by Gasteiger charge is 2.06. The number of hydrogen-bond acceptors (Lipinski definition) is 4. The molecule has 0 spiro atoms. The number of hydrogen-bond donors (Lipinski definition) is 1. The summed E-state index contributed by atoms with van der Waals surface area (Å²) in [6.07, 6.45) is 3.83. The summed E-state index contributed by atoms with van der Waals surface area (Å²) in [6.45, 7) is 0.348. The molecule has 0 saturated heterocycles. The number of carbonyl (C=O) groups is 1. The molecule has 0 aliphatic rings. The zero-order valence-electron chi connectivity index (χ0n) is 11.0. The number of carbonyl (C=O) groups excluding carboxylic acids is 1. The fourth-order valence-electron chi connectivity index (χ4n) is 1.78. The van der Waals surface area contributed by atoms with Crippen LogP contribution in [0, 0.1) is 0 Å². The number of rotatable bonds is 5. The first-order chi connectivity index (χ1) is 10.2. The van der Waals surface area contributed by atoms with Gasteiger partial charge in [-0.05, 0) is 24.3 Å². The highest BCUT2D eigenvalue weighted by molar-refractivity contribution is 7.15. The summed E-state index contributed by atoms with van der Waals surface area (Å²) in [5, 5.41) is 5.36. The maximum absolute atomic E-state index is 11.7. The molecule has 1 aromatic carbocycles. The Kier molecular flexibility index (Phi) is 4.08. The summed E-state index contributed by atoms with van der Waals surface area (Å²) in [6, 6.07) is 6.87. The maximum Gasteiger partial charge on any atom is 0.258 e. The fraction of sp³-hybridized carbons (Fsp3) is 0.143. The zero-order chi connectivity index (χ0) is 14.7. The minimum Gasteiger partial charge on any atom is -0.484 e. The van der Waals surface area contributed by atoms with Crippen LogP contribution in [0.25, 0.3) is 4.96 Å². The van der Waals surface area contributed by atoms with Gasteiger partial charge >= 0.3 is 0 Å². The van der Waals surface area contributed by atoms with E-state index in [-0.39, 0.29) is 12.5 Å². The van der Waals surface area contributed by atoms with E-state index in [9.17, 15) is 4.79 Å². The second-order valence-corrected chi connectivity index (χ2v) is 5.65. The van der Waals surface area contributed by atoms with Gasteiger partial charge in [0.05, 0.1) is 12.2 Å². The van der Waals surface area contributed by atoms with Crippen LogP contribution in [0.3, 0.4) is 0 Å². The van der Waals surface area contributed by atoms with Crippen molar-refractivity contribution in [3.05, 3.63) is 52.8 Å². The molecule has 2 heterocycles. The molecule has 0 radical (unpaired) electrons. The van der Waals surface area contributed by atoms with E-state index in [0.29, 0.717) is 17.3 Å². The van der Waals surface area contributed by atoms with E-state index in [1.165, 1.54) is 0 Å². The van der Waals surface area contributed by atoms with Crippen molar-refractivity contribution >= 4 is 33.8 Å². The third kappa shape index (κ3) is 3.53. The Hall–Kier alpha value is -2.05. The van der Waals surface area contributed by atoms with E-state index in [2.05, 4.69) is 10.3 Å². The van der Waals surface area contributed by atoms with Crippen LogP contribution < -0.4 is 10.1 Å². The molecule has 0 aliphatic carbocycles. The summed E-state index contributed by atoms with van der Waals surface area (Å²) in [7, 11) is 0. The highest BCUT2D eigenvalue weighted by atomic mass is 35.5. The standard InChI is InChI=1S/C14H12ClN3O2S/c15-10-1-3-12(4-2-10)20-9-13(19)16-7-11-8-18-5-6-21-14(18)17-11/h1-6,8H,7,9H2,(H,16,19). The van der Waals surface area contributed by atoms with E-state index in [4.69, 9.17) is 16.3 Å². The highest BCUT2D eigenvalue weighted by Crippen LogP contribution is 2.15. The van der Waals surface area contributed by atoms with Crippen LogP contribution in [0.5, 0.6) is 5.75 Å². The fourth-order valence-corrected chi connectivity index (χ4v) is 2.63. The van der Waals surface area contributed by atoms with Crippen molar-refractivity contribution in [2.24, 2.45) is 0 Å². The first-order valence-corrected chi connectivity index (χ1v) is 7.52. The molecule has 3 rings (SSSR count). The quantitative estimate of drug-likeness (QED) is 0.786. The Balaban J connectivity index is 1.48. The van der Waals surface area contributed by atoms with Gasteiger partial charge in [0.1, 0.15) is 5.75 Å². The lowest BCUT2D eigenvalue weighted by atomic mass is 10.3. The lowest BCUT2D eigenvalue weighted by Crippen LogP contribution is -2.28. The SMILES string of the molecule is O=C(COc1ccc(Cl)cc1)NCc1cn2ccsc2n1. The van der Waals surface area contributed by atoms with Crippen LogP contribution in [0.4, 0.5) is 0 Å². The summed E-state index contributed by atoms with van der Waals surface area (Å²) in [5.74, 6) is 0.415. The van der Waals surface area contributed by atoms with Crippen LogP contribution >= 0.6 is 22.9 Å². The molecular weight excluding hydrogens is 310 g/mol. The second kappa shape index (κ2) is 6.15. The van der Waals surface area contributed by atoms with Gasteiger partial charge in [-0.2, -0.15) is 0 Å². The maximum atomic E-state index is 11.7. The average molecular weight is 322 g/mol. The molecule has 1 amide bonds. The second-order valence-electron chi connectivity index (χ2n) is 4.34. The molecule has 0 aliphatic heterocycles. The first kappa shape index (κ1) is 13.9. The molecule has 0 saturated carbocycles. The smallest absolute Gasteiger partial charge is 0.258 e. The first-order valence-electron chi connectivity index (χ1n) is 6.27. The van der Waals surface area contributed by atoms with Gasteiger partial charge in [0.15, 0.2) is 11.6 Å². The normalized spacial score (nSPS) is 10.7. The molecular formula is C14H12ClN3O2S. The predicted octanol–water partition coefficient (Wildman–Crippen LogP) is 2.74. The van der Waals surface area contributed by atoms with E-state index in [1.54, 1.807) is 35.6 Å². The van der Waals surface area contributed by atoms with E-state index in [1.807, 2.05) is 22.2 Å². The van der Waals surface area contributed by atoms with Gasteiger partial charge in [0, 0.05) is 22.8 Å². The molecule has 0 bridgehead atoms. The van der Waals surface area contributed by atoms with E-state index in [0.717, 1.165) is 10.7 Å². The third-order valence-electron chi connectivity index (χ3n) is 2.79. The minimum atomic E-state index is -0.193. The Bertz CT molecular complexity index is 723. The number of ether oxygens (including phenoxy) is 1. The Morgan fingerprint density at radius 1 is 1.38 bits per heavy atom. The predicted molar refractivity (Wildman–Crippen MR) is 81.9 cm³/mol. The number of fused-ring (bicyclic) bond motifs is 1. The van der Waals surface area contributed by atoms with Gasteiger partial charge in [0.2, 0.25) is 0 Å². The average Bonchev–Trinajstić information content (AvgIpc) is 3.05. The number of benzene rings is 1. The molecule has 108 valence electrons. The largest absolute Gasteiger partial charge is 0.484 e. The number of imidazole rings is 1. The van der Waals surface area contributed by atoms with Crippen LogP contribution in [0.15, 0.2) is 42.0 Å². The van der Waals surface area contributed by atoms with Crippen molar-refractivity contribution in [3.63, 3.8) is 0 Å². The number of amides is 1. The number of halogens is 1. The van der Waals surface area contributed by atoms with Crippen molar-refractivity contribution < 1.29 is 9.53 Å². The molecule has 7 heteroatoms. The van der Waals surface area contributed by atoms with Gasteiger partial charge in [-0.15, -0.1) is 11.3 Å². The summed E-state index contributed by atoms with van der Waals surface area (Å²) < 4.78 is 7.29. The molecule has 3 aromatic rings. The van der Waals surface area contributed by atoms with Crippen LogP contribution in [-0.4, -0.2) is 21.9 Å². The third-order valence-corrected chi connectivity index (χ3v) is 3.82. The van der Waals surface area contributed by atoms with Crippen molar-refractivity contribution in [1.82, 2.24) is 14.7 Å². The van der Waals surface area contributed by atoms with Gasteiger partial charge in [-0.1, -0.05) is 11.6 Å². The number of thiazole rings is 1. The van der Waals surface area contributed by atoms with Gasteiger partial charge in [-0.25, -0.2) is 4.98 Å². The number of nitrogens with zero attached hydrogens (tertiary/aromatic N) is 2. The molecule has 1 N–H and O–H groups in total. The lowest BCUT2D eigenvalue weighted by Gasteiger charge is -2.06. The van der Waals surface area contributed by atoms with Crippen molar-refractivity contribution in [2.75, 3.05) is 6.61 Å². The van der Waals surface area contributed by atoms with E-state index >= 15 is 0 Å². The molecule has 2 aromatic heterocycles. The van der Waals surface area contributed by atoms with Crippen molar-refractivity contribution in [3.8, 4) is 5.75 Å². The Morgan fingerprint density at radius 3 is 2.95 bits per heavy atom. The van der Waals surface area contributed by atoms with Crippen molar-refractivity contribution in [2.45, 2.75) is 6.54 Å². The molecule has 0 fully saturated rings. The monoisotopic (exact) mass is 321 g/mol. The number of nitrogens with one attached hydrogen (secondary N) is 1. The Labute approximate surface area is 130 Å². The van der Waals surface area contributed by atoms with Crippen LogP contribution in [0.1, 0.15) is 5.69 Å². The van der Waals surface area contributed by atoms with Crippen LogP contribution in [0.2, 0.25) is 5.02 Å².